The van der Waals surface area contributed by atoms with Gasteiger partial charge in [-0.15, -0.1) is 0 Å². The van der Waals surface area contributed by atoms with E-state index < -0.39 is 5.79 Å². The Morgan fingerprint density at radius 1 is 0.218 bits per heavy atom. The zero-order valence-corrected chi connectivity index (χ0v) is 81.5. The molecule has 20 aromatic rings. The zero-order chi connectivity index (χ0) is 95.6. The quantitative estimate of drug-likeness (QED) is 0.0955. The molecule has 0 radical (unpaired) electrons. The van der Waals surface area contributed by atoms with Crippen LogP contribution in [0.25, 0.3) is 87.6 Å². The SMILES string of the molecule is CC1(C)CC(C)(C)c2cc(-c3cc(N(c4ccccc4)c4ccccc4)cc4ccccc34)ccc21.CC1(C)Oc2ccc(-c3cc(N(c4ccccc4)c4ccccc4)cc4ccccc34)cc2O1.c1ccc(N(c2ccccc2)c2cc(-c3ccc4c(c3)C3CC5CC(CC4C5)C3)c3ccccc3c2)cc1.c1ccc(N(c2ccccc2)c2cc(-c3ccc4c(c3)C3CCC4O3)c3ccccc3c2)cc1. The molecule has 5 aliphatic carbocycles. The number of anilines is 12. The molecule has 3 heterocycles. The van der Waals surface area contributed by atoms with Gasteiger partial charge < -0.3 is 33.8 Å². The first kappa shape index (κ1) is 88.9. The normalized spacial score (nSPS) is 17.8. The van der Waals surface area contributed by atoms with Crippen molar-refractivity contribution >= 4 is 111 Å². The van der Waals surface area contributed by atoms with Crippen LogP contribution in [0.5, 0.6) is 11.5 Å². The van der Waals surface area contributed by atoms with E-state index in [0.717, 1.165) is 105 Å². The number of ether oxygens (including phenoxy) is 3. The molecule has 3 fully saturated rings. The Balaban J connectivity index is 0.000000102. The van der Waals surface area contributed by atoms with Crippen molar-refractivity contribution in [3.05, 3.63) is 494 Å². The number of nitrogens with zero attached hydrogens (tertiary/aromatic N) is 4. The Morgan fingerprint density at radius 2 is 0.500 bits per heavy atom. The van der Waals surface area contributed by atoms with Gasteiger partial charge in [-0.2, -0.15) is 0 Å². The summed E-state index contributed by atoms with van der Waals surface area (Å²) in [5, 5.41) is 10.1. The summed E-state index contributed by atoms with van der Waals surface area (Å²) < 4.78 is 18.2. The molecule has 0 amide bonds. The molecular weight excluding hydrogens is 1730 g/mol. The van der Waals surface area contributed by atoms with Crippen LogP contribution in [0.1, 0.15) is 150 Å². The van der Waals surface area contributed by atoms with Gasteiger partial charge in [0.1, 0.15) is 0 Å². The molecule has 7 heteroatoms. The summed E-state index contributed by atoms with van der Waals surface area (Å²) in [5.74, 6) is 4.34. The summed E-state index contributed by atoms with van der Waals surface area (Å²) in [4.78, 5) is 9.39. The lowest BCUT2D eigenvalue weighted by Crippen LogP contribution is -2.29. The molecule has 7 nitrogen and oxygen atoms in total. The highest BCUT2D eigenvalue weighted by atomic mass is 16.7. The Kier molecular flexibility index (Phi) is 23.4. The number of benzene rings is 20. The molecule has 694 valence electrons. The Morgan fingerprint density at radius 3 is 0.866 bits per heavy atom. The average molecular weight is 1840 g/mol. The monoisotopic (exact) mass is 1840 g/mol. The van der Waals surface area contributed by atoms with Gasteiger partial charge in [-0.05, 0) is 371 Å². The van der Waals surface area contributed by atoms with Crippen molar-refractivity contribution in [3.8, 4) is 56.0 Å². The van der Waals surface area contributed by atoms with Gasteiger partial charge in [0.15, 0.2) is 11.5 Å². The van der Waals surface area contributed by atoms with Crippen LogP contribution in [0.15, 0.2) is 461 Å². The fourth-order valence-electron chi connectivity index (χ4n) is 24.8. The number of hydrogen-bond acceptors (Lipinski definition) is 7. The predicted octanol–water partition coefficient (Wildman–Crippen LogP) is 37.7. The van der Waals surface area contributed by atoms with Gasteiger partial charge in [0, 0.05) is 82.1 Å². The predicted molar refractivity (Wildman–Crippen MR) is 594 cm³/mol. The molecule has 4 atom stereocenters. The van der Waals surface area contributed by atoms with E-state index in [4.69, 9.17) is 14.2 Å². The molecule has 3 aliphatic heterocycles. The van der Waals surface area contributed by atoms with Crippen molar-refractivity contribution in [3.63, 3.8) is 0 Å². The minimum atomic E-state index is -0.651. The van der Waals surface area contributed by atoms with E-state index in [2.05, 4.69) is 490 Å². The lowest BCUT2D eigenvalue weighted by atomic mass is 9.67. The lowest BCUT2D eigenvalue weighted by Gasteiger charge is -2.38. The first-order chi connectivity index (χ1) is 69.6. The fourth-order valence-corrected chi connectivity index (χ4v) is 24.8. The molecule has 8 aliphatic rings. The molecule has 0 aromatic heterocycles. The highest BCUT2D eigenvalue weighted by Crippen LogP contribution is 2.59. The van der Waals surface area contributed by atoms with Crippen LogP contribution in [0.4, 0.5) is 68.2 Å². The molecule has 4 unspecified atom stereocenters. The number of fused-ring (bicyclic) bond motifs is 11. The number of rotatable bonds is 16. The van der Waals surface area contributed by atoms with Crippen molar-refractivity contribution in [2.24, 2.45) is 11.8 Å². The minimum absolute atomic E-state index is 0.169. The molecule has 2 saturated carbocycles. The van der Waals surface area contributed by atoms with Crippen molar-refractivity contribution in [1.82, 2.24) is 0 Å². The molecule has 28 rings (SSSR count). The second-order valence-corrected chi connectivity index (χ2v) is 41.5. The zero-order valence-electron chi connectivity index (χ0n) is 81.5. The van der Waals surface area contributed by atoms with E-state index >= 15 is 0 Å². The maximum atomic E-state index is 6.19. The maximum absolute atomic E-state index is 6.19. The highest BCUT2D eigenvalue weighted by Gasteiger charge is 2.45. The van der Waals surface area contributed by atoms with E-state index in [0.29, 0.717) is 6.10 Å². The number of hydrogen-bond donors (Lipinski definition) is 0. The second kappa shape index (κ2) is 37.4. The summed E-state index contributed by atoms with van der Waals surface area (Å²) in [7, 11) is 0. The third-order valence-corrected chi connectivity index (χ3v) is 30.7. The van der Waals surface area contributed by atoms with Crippen LogP contribution in [0.3, 0.4) is 0 Å². The van der Waals surface area contributed by atoms with Crippen molar-refractivity contribution in [1.29, 1.82) is 0 Å². The molecule has 1 saturated heterocycles. The molecule has 20 aromatic carbocycles. The van der Waals surface area contributed by atoms with Gasteiger partial charge in [0.2, 0.25) is 5.79 Å². The van der Waals surface area contributed by atoms with Gasteiger partial charge >= 0.3 is 0 Å². The van der Waals surface area contributed by atoms with Gasteiger partial charge in [0.05, 0.1) is 12.2 Å². The average Bonchev–Trinajstić information content (AvgIpc) is 1.48. The molecule has 6 bridgehead atoms. The van der Waals surface area contributed by atoms with Crippen LogP contribution in [-0.4, -0.2) is 5.79 Å². The third-order valence-electron chi connectivity index (χ3n) is 30.7. The van der Waals surface area contributed by atoms with Gasteiger partial charge in [-0.3, -0.25) is 0 Å². The smallest absolute Gasteiger partial charge is 0.246 e. The Labute approximate surface area is 835 Å². The van der Waals surface area contributed by atoms with Crippen LogP contribution in [0.2, 0.25) is 0 Å². The molecular formula is C135H116N4O3. The molecule has 0 spiro atoms. The molecule has 0 N–H and O–H groups in total. The highest BCUT2D eigenvalue weighted by molar-refractivity contribution is 6.06. The van der Waals surface area contributed by atoms with Gasteiger partial charge in [-0.25, -0.2) is 0 Å². The summed E-state index contributed by atoms with van der Waals surface area (Å²) in [6.07, 6.45) is 11.1. The van der Waals surface area contributed by atoms with E-state index in [9.17, 15) is 0 Å². The van der Waals surface area contributed by atoms with E-state index in [-0.39, 0.29) is 16.9 Å². The van der Waals surface area contributed by atoms with E-state index in [1.807, 2.05) is 32.0 Å². The lowest BCUT2D eigenvalue weighted by molar-refractivity contribution is -0.0431. The number of para-hydroxylation sites is 8. The summed E-state index contributed by atoms with van der Waals surface area (Å²) in [6.45, 7) is 13.4. The van der Waals surface area contributed by atoms with Crippen molar-refractivity contribution in [2.45, 2.75) is 134 Å². The Hall–Kier alpha value is -15.8. The topological polar surface area (TPSA) is 40.7 Å². The third kappa shape index (κ3) is 17.4. The van der Waals surface area contributed by atoms with Crippen molar-refractivity contribution < 1.29 is 14.2 Å². The van der Waals surface area contributed by atoms with Crippen LogP contribution in [0, 0.1) is 11.8 Å². The Bertz CT molecular complexity index is 7860. The van der Waals surface area contributed by atoms with E-state index in [1.54, 1.807) is 11.1 Å². The van der Waals surface area contributed by atoms with Gasteiger partial charge in [0.25, 0.3) is 0 Å². The van der Waals surface area contributed by atoms with Crippen LogP contribution < -0.4 is 29.1 Å². The summed E-state index contributed by atoms with van der Waals surface area (Å²) in [5.41, 5.74) is 33.3. The summed E-state index contributed by atoms with van der Waals surface area (Å²) >= 11 is 0. The molecule has 142 heavy (non-hydrogen) atoms. The largest absolute Gasteiger partial charge is 0.449 e. The van der Waals surface area contributed by atoms with Crippen LogP contribution >= 0.6 is 0 Å². The summed E-state index contributed by atoms with van der Waals surface area (Å²) in [6, 6.07) is 166. The standard InChI is InChI=1S/C37H33N.C35H33N.C32H25NO.C31H25NO2/c1-3-10-31(11-4-1)38(32-12-5-2-6-13-32)33-22-27-9-7-8-14-34(27)37(24-33)28-15-16-35-29-18-25-17-26(19-29)21-30(20-25)36(35)23-28;1-34(2)24-35(3,4)33-22-26(19-20-32(33)34)31-23-29(21-25-13-11-12-18-30(25)31)36(27-14-7-5-8-15-27)28-16-9-6-10-17-28;1-3-10-24(11-4-1)33(25-12-5-2-6-13-25)26-19-22-9-7-8-14-27(22)29(21-26)23-15-16-28-30(20-23)32-18-17-31(28)34-32;1-31(2)33-29-18-17-23(20-30(29)34-31)28-21-26(19-22-11-9-10-16-27(22)28)32(24-12-5-3-6-13-24)25-14-7-4-8-15-25/h1-16,22-26,29-30H,17-21H2;5-23H,24H2,1-4H3;1-16,19-21,31-32H,17-18H2;3-21H,1-2H3. The van der Waals surface area contributed by atoms with Crippen LogP contribution in [-0.2, 0) is 15.6 Å². The second-order valence-electron chi connectivity index (χ2n) is 41.5. The first-order valence-corrected chi connectivity index (χ1v) is 50.9. The first-order valence-electron chi connectivity index (χ1n) is 50.9. The maximum Gasteiger partial charge on any atom is 0.246 e. The van der Waals surface area contributed by atoms with Crippen molar-refractivity contribution in [2.75, 3.05) is 19.6 Å². The van der Waals surface area contributed by atoms with Gasteiger partial charge in [-0.1, -0.05) is 325 Å². The van der Waals surface area contributed by atoms with E-state index in [1.165, 1.54) is 160 Å². The minimum Gasteiger partial charge on any atom is -0.449 e. The fraction of sp³-hybridized carbons (Fsp3) is 0.170.